The summed E-state index contributed by atoms with van der Waals surface area (Å²) in [6.07, 6.45) is -0.697. The van der Waals surface area contributed by atoms with E-state index in [2.05, 4.69) is 13.8 Å². The van der Waals surface area contributed by atoms with Crippen molar-refractivity contribution in [1.82, 2.24) is 0 Å². The zero-order valence-electron chi connectivity index (χ0n) is 14.1. The number of fused-ring (bicyclic) bond motifs is 1. The fourth-order valence-corrected chi connectivity index (χ4v) is 3.41. The largest absolute Gasteiger partial charge is 0.382 e. The number of hydrogen-bond donors (Lipinski definition) is 1. The quantitative estimate of drug-likeness (QED) is 0.763. The van der Waals surface area contributed by atoms with Crippen molar-refractivity contribution in [3.05, 3.63) is 0 Å². The second-order valence-corrected chi connectivity index (χ2v) is 6.50. The maximum absolute atomic E-state index is 6.24. The summed E-state index contributed by atoms with van der Waals surface area (Å²) >= 11 is 0. The highest BCUT2D eigenvalue weighted by molar-refractivity contribution is 5.02. The first-order valence-electron chi connectivity index (χ1n) is 7.64. The summed E-state index contributed by atoms with van der Waals surface area (Å²) < 4.78 is 33.7. The van der Waals surface area contributed by atoms with Gasteiger partial charge in [0.1, 0.15) is 25.2 Å². The molecule has 2 rings (SSSR count). The second kappa shape index (κ2) is 7.53. The zero-order chi connectivity index (χ0) is 16.3. The molecule has 0 radical (unpaired) electrons. The highest BCUT2D eigenvalue weighted by Gasteiger charge is 2.55. The molecule has 2 heterocycles. The van der Waals surface area contributed by atoms with Gasteiger partial charge in [0.15, 0.2) is 0 Å². The first-order chi connectivity index (χ1) is 10.5. The van der Waals surface area contributed by atoms with E-state index in [-0.39, 0.29) is 42.7 Å². The molecule has 0 bridgehead atoms. The van der Waals surface area contributed by atoms with Gasteiger partial charge in [-0.2, -0.15) is 0 Å². The minimum Gasteiger partial charge on any atom is -0.382 e. The molecule has 0 unspecified atom stereocenters. The third-order valence-corrected chi connectivity index (χ3v) is 4.77. The van der Waals surface area contributed by atoms with E-state index in [0.29, 0.717) is 13.0 Å². The van der Waals surface area contributed by atoms with Crippen LogP contribution in [0.1, 0.15) is 20.3 Å². The summed E-state index contributed by atoms with van der Waals surface area (Å²) in [5, 5.41) is 0. The van der Waals surface area contributed by atoms with E-state index in [1.54, 1.807) is 21.3 Å². The molecule has 130 valence electrons. The van der Waals surface area contributed by atoms with Gasteiger partial charge in [-0.25, -0.2) is 0 Å². The van der Waals surface area contributed by atoms with Crippen LogP contribution in [0.4, 0.5) is 0 Å². The molecule has 0 amide bonds. The van der Waals surface area contributed by atoms with Crippen LogP contribution in [0.3, 0.4) is 0 Å². The molecule has 2 saturated heterocycles. The average molecular weight is 319 g/mol. The van der Waals surface area contributed by atoms with Gasteiger partial charge in [0, 0.05) is 33.2 Å². The van der Waals surface area contributed by atoms with Crippen molar-refractivity contribution < 1.29 is 28.4 Å². The molecule has 6 atom stereocenters. The maximum atomic E-state index is 6.24. The summed E-state index contributed by atoms with van der Waals surface area (Å²) in [6.45, 7) is 4.91. The molecule has 2 aliphatic heterocycles. The fourth-order valence-electron chi connectivity index (χ4n) is 3.41. The number of nitrogens with two attached hydrogens (primary N) is 1. The predicted molar refractivity (Wildman–Crippen MR) is 79.3 cm³/mol. The van der Waals surface area contributed by atoms with E-state index >= 15 is 0 Å². The first-order valence-corrected chi connectivity index (χ1v) is 7.64. The Hall–Kier alpha value is -0.280. The van der Waals surface area contributed by atoms with Gasteiger partial charge in [-0.05, 0) is 0 Å². The zero-order valence-corrected chi connectivity index (χ0v) is 14.1. The van der Waals surface area contributed by atoms with E-state index in [4.69, 9.17) is 34.2 Å². The van der Waals surface area contributed by atoms with Gasteiger partial charge in [-0.1, -0.05) is 13.8 Å². The van der Waals surface area contributed by atoms with Gasteiger partial charge in [-0.3, -0.25) is 0 Å². The van der Waals surface area contributed by atoms with Crippen LogP contribution in [-0.2, 0) is 28.4 Å². The minimum atomic E-state index is -0.515. The molecule has 0 spiro atoms. The summed E-state index contributed by atoms with van der Waals surface area (Å²) in [5.41, 5.74) is 5.79. The monoisotopic (exact) mass is 319 g/mol. The van der Waals surface area contributed by atoms with E-state index in [0.717, 1.165) is 0 Å². The molecule has 0 aromatic carbocycles. The molecular formula is C15H29NO6. The topological polar surface area (TPSA) is 81.4 Å². The van der Waals surface area contributed by atoms with E-state index < -0.39 is 6.23 Å². The van der Waals surface area contributed by atoms with Crippen LogP contribution in [0.15, 0.2) is 0 Å². The van der Waals surface area contributed by atoms with Gasteiger partial charge >= 0.3 is 0 Å². The normalized spacial score (nSPS) is 39.3. The minimum absolute atomic E-state index is 0.0509. The van der Waals surface area contributed by atoms with Crippen molar-refractivity contribution in [3.8, 4) is 0 Å². The summed E-state index contributed by atoms with van der Waals surface area (Å²) in [5.74, 6) is 0. The molecule has 2 aliphatic rings. The molecule has 22 heavy (non-hydrogen) atoms. The third-order valence-electron chi connectivity index (χ3n) is 4.77. The molecular weight excluding hydrogens is 290 g/mol. The second-order valence-electron chi connectivity index (χ2n) is 6.50. The van der Waals surface area contributed by atoms with Crippen LogP contribution < -0.4 is 5.73 Å². The number of rotatable bonds is 6. The standard InChI is InChI=1S/C15H29NO6/c1-15(2)10(6-9(18-4)7-17-3)22-12-11(13(15)19-5)20-8-21-14(12)16/h9-14H,6-8,16H2,1-5H3/t9-,10+,11-,12-,13+,14-/m0/s1. The molecule has 2 N–H and O–H groups in total. The molecule has 0 aromatic heterocycles. The Kier molecular flexibility index (Phi) is 6.18. The van der Waals surface area contributed by atoms with Crippen LogP contribution in [0.2, 0.25) is 0 Å². The lowest BCUT2D eigenvalue weighted by atomic mass is 9.72. The van der Waals surface area contributed by atoms with Gasteiger partial charge in [0.25, 0.3) is 0 Å². The summed E-state index contributed by atoms with van der Waals surface area (Å²) in [6, 6.07) is 0. The molecule has 7 heteroatoms. The number of ether oxygens (including phenoxy) is 6. The Balaban J connectivity index is 2.18. The number of hydrogen-bond acceptors (Lipinski definition) is 7. The van der Waals surface area contributed by atoms with Crippen molar-refractivity contribution >= 4 is 0 Å². The number of methoxy groups -OCH3 is 3. The Morgan fingerprint density at radius 2 is 1.91 bits per heavy atom. The van der Waals surface area contributed by atoms with Gasteiger partial charge in [0.2, 0.25) is 0 Å². The third kappa shape index (κ3) is 3.46. The van der Waals surface area contributed by atoms with Crippen LogP contribution in [0, 0.1) is 5.41 Å². The Labute approximate surface area is 132 Å². The van der Waals surface area contributed by atoms with Crippen molar-refractivity contribution in [1.29, 1.82) is 0 Å². The fraction of sp³-hybridized carbons (Fsp3) is 1.00. The van der Waals surface area contributed by atoms with Gasteiger partial charge < -0.3 is 34.2 Å². The Morgan fingerprint density at radius 1 is 1.18 bits per heavy atom. The maximum Gasteiger partial charge on any atom is 0.149 e. The Bertz CT molecular complexity index is 353. The average Bonchev–Trinajstić information content (AvgIpc) is 2.48. The van der Waals surface area contributed by atoms with E-state index in [1.165, 1.54) is 0 Å². The van der Waals surface area contributed by atoms with Crippen molar-refractivity contribution in [2.24, 2.45) is 11.1 Å². The highest BCUT2D eigenvalue weighted by atomic mass is 16.7. The smallest absolute Gasteiger partial charge is 0.149 e. The predicted octanol–water partition coefficient (Wildman–Crippen LogP) is 0.504. The molecule has 0 saturated carbocycles. The van der Waals surface area contributed by atoms with Crippen molar-refractivity contribution in [2.75, 3.05) is 34.7 Å². The van der Waals surface area contributed by atoms with E-state index in [9.17, 15) is 0 Å². The summed E-state index contributed by atoms with van der Waals surface area (Å²) in [7, 11) is 5.03. The van der Waals surface area contributed by atoms with E-state index in [1.807, 2.05) is 0 Å². The first kappa shape index (κ1) is 18.1. The van der Waals surface area contributed by atoms with Crippen LogP contribution in [0.25, 0.3) is 0 Å². The molecule has 0 aromatic rings. The molecule has 2 fully saturated rings. The van der Waals surface area contributed by atoms with Gasteiger partial charge in [-0.15, -0.1) is 0 Å². The summed E-state index contributed by atoms with van der Waals surface area (Å²) in [4.78, 5) is 0. The van der Waals surface area contributed by atoms with Gasteiger partial charge in [0.05, 0.1) is 24.9 Å². The van der Waals surface area contributed by atoms with Crippen LogP contribution in [-0.4, -0.2) is 71.5 Å². The lowest BCUT2D eigenvalue weighted by Crippen LogP contribution is -2.67. The van der Waals surface area contributed by atoms with Crippen molar-refractivity contribution in [3.63, 3.8) is 0 Å². The van der Waals surface area contributed by atoms with Crippen molar-refractivity contribution in [2.45, 2.75) is 57.0 Å². The van der Waals surface area contributed by atoms with Crippen LogP contribution in [0.5, 0.6) is 0 Å². The lowest BCUT2D eigenvalue weighted by Gasteiger charge is -2.54. The molecule has 0 aliphatic carbocycles. The lowest BCUT2D eigenvalue weighted by molar-refractivity contribution is -0.327. The highest BCUT2D eigenvalue weighted by Crippen LogP contribution is 2.43. The Morgan fingerprint density at radius 3 is 2.50 bits per heavy atom. The van der Waals surface area contributed by atoms with Crippen LogP contribution >= 0.6 is 0 Å². The molecule has 7 nitrogen and oxygen atoms in total. The SMILES string of the molecule is COC[C@H](C[C@H]1O[C@H]2[C@H](OCO[C@@H]2N)[C@@H](OC)C1(C)C)OC.